The first kappa shape index (κ1) is 13.0. The highest BCUT2D eigenvalue weighted by atomic mass is 35.5. The summed E-state index contributed by atoms with van der Waals surface area (Å²) in [6.45, 7) is 1.45. The quantitative estimate of drug-likeness (QED) is 0.702. The Morgan fingerprint density at radius 3 is 2.80 bits per heavy atom. The van der Waals surface area contributed by atoms with Crippen LogP contribution in [0.1, 0.15) is 0 Å². The SMILES string of the molecule is FC(F)(F)OCCN1CCOCC1CCl. The van der Waals surface area contributed by atoms with E-state index in [-0.39, 0.29) is 19.2 Å². The fourth-order valence-corrected chi connectivity index (χ4v) is 1.69. The van der Waals surface area contributed by atoms with Crippen LogP contribution in [0.4, 0.5) is 13.2 Å². The molecule has 1 aliphatic heterocycles. The van der Waals surface area contributed by atoms with Gasteiger partial charge in [-0.1, -0.05) is 0 Å². The third-order valence-corrected chi connectivity index (χ3v) is 2.53. The molecule has 1 atom stereocenters. The first-order chi connectivity index (χ1) is 7.03. The molecule has 1 heterocycles. The van der Waals surface area contributed by atoms with Gasteiger partial charge < -0.3 is 4.74 Å². The number of rotatable bonds is 4. The highest BCUT2D eigenvalue weighted by Crippen LogP contribution is 2.16. The first-order valence-corrected chi connectivity index (χ1v) is 5.15. The minimum atomic E-state index is -4.55. The van der Waals surface area contributed by atoms with Gasteiger partial charge in [-0.3, -0.25) is 9.64 Å². The van der Waals surface area contributed by atoms with E-state index >= 15 is 0 Å². The van der Waals surface area contributed by atoms with Crippen LogP contribution in [0.15, 0.2) is 0 Å². The van der Waals surface area contributed by atoms with Crippen LogP contribution >= 0.6 is 11.6 Å². The summed E-state index contributed by atoms with van der Waals surface area (Å²) in [5, 5.41) is 0. The molecule has 1 unspecified atom stereocenters. The Morgan fingerprint density at radius 2 is 2.20 bits per heavy atom. The lowest BCUT2D eigenvalue weighted by molar-refractivity contribution is -0.325. The van der Waals surface area contributed by atoms with Crippen molar-refractivity contribution in [2.24, 2.45) is 0 Å². The van der Waals surface area contributed by atoms with Crippen LogP contribution in [-0.4, -0.2) is 56.1 Å². The minimum Gasteiger partial charge on any atom is -0.378 e. The van der Waals surface area contributed by atoms with E-state index in [1.807, 2.05) is 4.90 Å². The summed E-state index contributed by atoms with van der Waals surface area (Å²) in [5.74, 6) is 0.353. The molecule has 1 aliphatic rings. The summed E-state index contributed by atoms with van der Waals surface area (Å²) in [5.41, 5.74) is 0. The molecule has 0 N–H and O–H groups in total. The molecule has 0 bridgehead atoms. The summed E-state index contributed by atoms with van der Waals surface area (Å²) in [6.07, 6.45) is -4.55. The Hall–Kier alpha value is -0.0400. The normalized spacial score (nSPS) is 24.4. The standard InChI is InChI=1S/C8H13ClF3NO2/c9-5-7-6-14-3-1-13(7)2-4-15-8(10,11)12/h7H,1-6H2. The number of hydrogen-bond donors (Lipinski definition) is 0. The predicted molar refractivity (Wildman–Crippen MR) is 48.9 cm³/mol. The second-order valence-corrected chi connectivity index (χ2v) is 3.52. The molecule has 3 nitrogen and oxygen atoms in total. The van der Waals surface area contributed by atoms with Crippen LogP contribution in [0.5, 0.6) is 0 Å². The third-order valence-electron chi connectivity index (χ3n) is 2.17. The van der Waals surface area contributed by atoms with Gasteiger partial charge in [-0.15, -0.1) is 24.8 Å². The van der Waals surface area contributed by atoms with Gasteiger partial charge in [0.25, 0.3) is 0 Å². The average molecular weight is 248 g/mol. The van der Waals surface area contributed by atoms with Gasteiger partial charge in [0.05, 0.1) is 19.8 Å². The maximum Gasteiger partial charge on any atom is 0.522 e. The molecule has 0 aliphatic carbocycles. The zero-order chi connectivity index (χ0) is 11.3. The lowest BCUT2D eigenvalue weighted by atomic mass is 10.2. The van der Waals surface area contributed by atoms with E-state index in [9.17, 15) is 13.2 Å². The zero-order valence-corrected chi connectivity index (χ0v) is 8.85. The van der Waals surface area contributed by atoms with Crippen molar-refractivity contribution in [1.29, 1.82) is 0 Å². The van der Waals surface area contributed by atoms with Gasteiger partial charge >= 0.3 is 6.36 Å². The molecule has 0 aromatic carbocycles. The van der Waals surface area contributed by atoms with Gasteiger partial charge in [0, 0.05) is 25.0 Å². The van der Waals surface area contributed by atoms with E-state index in [0.717, 1.165) is 0 Å². The molecule has 90 valence electrons. The lowest BCUT2D eigenvalue weighted by Gasteiger charge is -2.34. The Morgan fingerprint density at radius 1 is 1.47 bits per heavy atom. The third kappa shape index (κ3) is 5.01. The molecule has 15 heavy (non-hydrogen) atoms. The van der Waals surface area contributed by atoms with Gasteiger partial charge in [-0.05, 0) is 0 Å². The van der Waals surface area contributed by atoms with E-state index in [0.29, 0.717) is 25.6 Å². The number of alkyl halides is 4. The molecule has 0 aromatic rings. The molecule has 0 amide bonds. The summed E-state index contributed by atoms with van der Waals surface area (Å²) in [6, 6.07) is -0.0164. The number of ether oxygens (including phenoxy) is 2. The Balaban J connectivity index is 2.23. The smallest absolute Gasteiger partial charge is 0.378 e. The fraction of sp³-hybridized carbons (Fsp3) is 1.00. The van der Waals surface area contributed by atoms with Crippen LogP contribution in [-0.2, 0) is 9.47 Å². The second kappa shape index (κ2) is 5.89. The van der Waals surface area contributed by atoms with Crippen molar-refractivity contribution < 1.29 is 22.6 Å². The van der Waals surface area contributed by atoms with Gasteiger partial charge in [0.2, 0.25) is 0 Å². The molecule has 0 spiro atoms. The lowest BCUT2D eigenvalue weighted by Crippen LogP contribution is -2.48. The maximum absolute atomic E-state index is 11.7. The molecule has 0 saturated carbocycles. The van der Waals surface area contributed by atoms with Crippen molar-refractivity contribution in [2.75, 3.05) is 38.8 Å². The molecule has 1 saturated heterocycles. The van der Waals surface area contributed by atoms with Gasteiger partial charge in [0.15, 0.2) is 0 Å². The van der Waals surface area contributed by atoms with Crippen molar-refractivity contribution in [2.45, 2.75) is 12.4 Å². The Labute approximate surface area is 91.1 Å². The monoisotopic (exact) mass is 247 g/mol. The van der Waals surface area contributed by atoms with E-state index in [2.05, 4.69) is 4.74 Å². The van der Waals surface area contributed by atoms with Crippen LogP contribution in [0.3, 0.4) is 0 Å². The molecule has 0 radical (unpaired) electrons. The van der Waals surface area contributed by atoms with Gasteiger partial charge in [-0.25, -0.2) is 0 Å². The summed E-state index contributed by atoms with van der Waals surface area (Å²) in [7, 11) is 0. The largest absolute Gasteiger partial charge is 0.522 e. The number of halogens is 4. The van der Waals surface area contributed by atoms with Crippen molar-refractivity contribution in [3.8, 4) is 0 Å². The fourth-order valence-electron chi connectivity index (χ4n) is 1.40. The van der Waals surface area contributed by atoms with Crippen LogP contribution in [0, 0.1) is 0 Å². The summed E-state index contributed by atoms with van der Waals surface area (Å²) in [4.78, 5) is 1.85. The van der Waals surface area contributed by atoms with E-state index < -0.39 is 6.36 Å². The predicted octanol–water partition coefficient (Wildman–Crippen LogP) is 1.46. The van der Waals surface area contributed by atoms with E-state index in [4.69, 9.17) is 16.3 Å². The Bertz CT molecular complexity index is 191. The molecule has 1 fully saturated rings. The van der Waals surface area contributed by atoms with E-state index in [1.54, 1.807) is 0 Å². The molecule has 7 heteroatoms. The van der Waals surface area contributed by atoms with Crippen LogP contribution < -0.4 is 0 Å². The van der Waals surface area contributed by atoms with E-state index in [1.165, 1.54) is 0 Å². The minimum absolute atomic E-state index is 0.0164. The van der Waals surface area contributed by atoms with Crippen LogP contribution in [0.2, 0.25) is 0 Å². The molecular formula is C8H13ClF3NO2. The molecule has 1 rings (SSSR count). The van der Waals surface area contributed by atoms with Gasteiger partial charge in [-0.2, -0.15) is 0 Å². The van der Waals surface area contributed by atoms with Crippen LogP contribution in [0.25, 0.3) is 0 Å². The van der Waals surface area contributed by atoms with Crippen molar-refractivity contribution in [3.05, 3.63) is 0 Å². The first-order valence-electron chi connectivity index (χ1n) is 4.61. The van der Waals surface area contributed by atoms with Crippen molar-refractivity contribution in [3.63, 3.8) is 0 Å². The topological polar surface area (TPSA) is 21.7 Å². The molecule has 0 aromatic heterocycles. The maximum atomic E-state index is 11.7. The highest BCUT2D eigenvalue weighted by Gasteiger charge is 2.30. The van der Waals surface area contributed by atoms with Crippen molar-refractivity contribution >= 4 is 11.6 Å². The summed E-state index contributed by atoms with van der Waals surface area (Å²) >= 11 is 5.66. The van der Waals surface area contributed by atoms with Gasteiger partial charge in [0.1, 0.15) is 0 Å². The molecular weight excluding hydrogens is 235 g/mol. The zero-order valence-electron chi connectivity index (χ0n) is 8.10. The highest BCUT2D eigenvalue weighted by molar-refractivity contribution is 6.18. The number of nitrogens with zero attached hydrogens (tertiary/aromatic N) is 1. The number of hydrogen-bond acceptors (Lipinski definition) is 3. The average Bonchev–Trinajstić information content (AvgIpc) is 2.16. The summed E-state index contributed by atoms with van der Waals surface area (Å²) < 4.78 is 44.0. The number of morpholine rings is 1. The Kier molecular flexibility index (Phi) is 5.11. The second-order valence-electron chi connectivity index (χ2n) is 3.21. The van der Waals surface area contributed by atoms with Crippen molar-refractivity contribution in [1.82, 2.24) is 4.90 Å².